The van der Waals surface area contributed by atoms with E-state index in [4.69, 9.17) is 0 Å². The first-order chi connectivity index (χ1) is 9.33. The van der Waals surface area contributed by atoms with Crippen LogP contribution in [0.15, 0.2) is 12.5 Å². The van der Waals surface area contributed by atoms with Crippen molar-refractivity contribution < 1.29 is 0 Å². The average molecular weight is 298 g/mol. The lowest BCUT2D eigenvalue weighted by atomic mass is 10.1. The Labute approximate surface area is 126 Å². The van der Waals surface area contributed by atoms with E-state index in [0.717, 1.165) is 23.4 Å². The fourth-order valence-electron chi connectivity index (χ4n) is 2.22. The van der Waals surface area contributed by atoms with E-state index in [1.54, 1.807) is 11.0 Å². The van der Waals surface area contributed by atoms with Crippen LogP contribution in [-0.2, 0) is 7.05 Å². The standard InChI is InChI=1S/C14H23N5.ClH/c1-3-4-5-6-7-8-9-15-13-12-10-18-19(2)14(12)17-11-16-13;/h10-11H,3-9H2,1-2H3,(H,15,16,17);1H. The van der Waals surface area contributed by atoms with Crippen molar-refractivity contribution in [2.75, 3.05) is 11.9 Å². The molecule has 2 heterocycles. The van der Waals surface area contributed by atoms with Crippen LogP contribution in [0.3, 0.4) is 0 Å². The summed E-state index contributed by atoms with van der Waals surface area (Å²) in [6, 6.07) is 0. The Balaban J connectivity index is 0.00000200. The average Bonchev–Trinajstić information content (AvgIpc) is 2.81. The molecular formula is C14H24ClN5. The normalized spacial score (nSPS) is 10.5. The largest absolute Gasteiger partial charge is 0.369 e. The quantitative estimate of drug-likeness (QED) is 0.757. The van der Waals surface area contributed by atoms with Gasteiger partial charge in [-0.2, -0.15) is 5.10 Å². The Kier molecular flexibility index (Phi) is 7.30. The van der Waals surface area contributed by atoms with Crippen molar-refractivity contribution >= 4 is 29.3 Å². The number of nitrogens with one attached hydrogen (secondary N) is 1. The summed E-state index contributed by atoms with van der Waals surface area (Å²) in [6.45, 7) is 3.21. The third-order valence-electron chi connectivity index (χ3n) is 3.35. The summed E-state index contributed by atoms with van der Waals surface area (Å²) in [4.78, 5) is 8.52. The second kappa shape index (κ2) is 8.74. The van der Waals surface area contributed by atoms with Crippen molar-refractivity contribution in [2.45, 2.75) is 45.4 Å². The Morgan fingerprint density at radius 3 is 2.65 bits per heavy atom. The molecule has 0 bridgehead atoms. The van der Waals surface area contributed by atoms with E-state index in [-0.39, 0.29) is 12.4 Å². The fourth-order valence-corrected chi connectivity index (χ4v) is 2.22. The minimum Gasteiger partial charge on any atom is -0.369 e. The summed E-state index contributed by atoms with van der Waals surface area (Å²) in [5, 5.41) is 8.59. The number of hydrogen-bond donors (Lipinski definition) is 1. The van der Waals surface area contributed by atoms with Crippen LogP contribution in [0.2, 0.25) is 0 Å². The zero-order chi connectivity index (χ0) is 13.5. The van der Waals surface area contributed by atoms with Gasteiger partial charge in [-0.15, -0.1) is 12.4 Å². The molecule has 0 aromatic carbocycles. The van der Waals surface area contributed by atoms with Crippen molar-refractivity contribution in [2.24, 2.45) is 7.05 Å². The van der Waals surface area contributed by atoms with Crippen LogP contribution in [0.4, 0.5) is 5.82 Å². The number of rotatable bonds is 8. The first-order valence-corrected chi connectivity index (χ1v) is 7.19. The van der Waals surface area contributed by atoms with Crippen LogP contribution in [0.1, 0.15) is 45.4 Å². The molecule has 0 atom stereocenters. The van der Waals surface area contributed by atoms with Gasteiger partial charge in [0.05, 0.1) is 11.6 Å². The maximum atomic E-state index is 4.29. The summed E-state index contributed by atoms with van der Waals surface area (Å²) >= 11 is 0. The third-order valence-corrected chi connectivity index (χ3v) is 3.35. The zero-order valence-corrected chi connectivity index (χ0v) is 13.1. The van der Waals surface area contributed by atoms with Crippen LogP contribution in [0.5, 0.6) is 0 Å². The molecule has 0 aliphatic carbocycles. The number of unbranched alkanes of at least 4 members (excludes halogenated alkanes) is 5. The van der Waals surface area contributed by atoms with Crippen molar-refractivity contribution in [3.63, 3.8) is 0 Å². The van der Waals surface area contributed by atoms with Gasteiger partial charge in [-0.1, -0.05) is 39.0 Å². The van der Waals surface area contributed by atoms with Gasteiger partial charge in [0.2, 0.25) is 0 Å². The highest BCUT2D eigenvalue weighted by Gasteiger charge is 2.06. The molecule has 2 rings (SSSR count). The molecular weight excluding hydrogens is 274 g/mol. The lowest BCUT2D eigenvalue weighted by Gasteiger charge is -2.06. The fraction of sp³-hybridized carbons (Fsp3) is 0.643. The minimum absolute atomic E-state index is 0. The molecule has 0 fully saturated rings. The summed E-state index contributed by atoms with van der Waals surface area (Å²) in [6.07, 6.45) is 11.2. The number of hydrogen-bond acceptors (Lipinski definition) is 4. The van der Waals surface area contributed by atoms with Gasteiger partial charge in [0, 0.05) is 13.6 Å². The van der Waals surface area contributed by atoms with E-state index in [1.807, 2.05) is 13.2 Å². The van der Waals surface area contributed by atoms with Crippen LogP contribution >= 0.6 is 12.4 Å². The summed E-state index contributed by atoms with van der Waals surface area (Å²) in [5.41, 5.74) is 0.875. The number of anilines is 1. The van der Waals surface area contributed by atoms with Crippen LogP contribution in [0.25, 0.3) is 11.0 Å². The van der Waals surface area contributed by atoms with Crippen molar-refractivity contribution in [1.29, 1.82) is 0 Å². The molecule has 2 aromatic heterocycles. The van der Waals surface area contributed by atoms with Gasteiger partial charge in [0.1, 0.15) is 12.1 Å². The highest BCUT2D eigenvalue weighted by Crippen LogP contribution is 2.17. The van der Waals surface area contributed by atoms with Gasteiger partial charge in [0.25, 0.3) is 0 Å². The number of nitrogens with zero attached hydrogens (tertiary/aromatic N) is 4. The Morgan fingerprint density at radius 2 is 1.85 bits per heavy atom. The van der Waals surface area contributed by atoms with Gasteiger partial charge < -0.3 is 5.32 Å². The highest BCUT2D eigenvalue weighted by atomic mass is 35.5. The molecule has 5 nitrogen and oxygen atoms in total. The monoisotopic (exact) mass is 297 g/mol. The second-order valence-corrected chi connectivity index (χ2v) is 4.92. The van der Waals surface area contributed by atoms with E-state index < -0.39 is 0 Å². The molecule has 20 heavy (non-hydrogen) atoms. The summed E-state index contributed by atoms with van der Waals surface area (Å²) in [5.74, 6) is 0.895. The lowest BCUT2D eigenvalue weighted by molar-refractivity contribution is 0.617. The van der Waals surface area contributed by atoms with Crippen LogP contribution in [0, 0.1) is 0 Å². The van der Waals surface area contributed by atoms with Gasteiger partial charge in [-0.3, -0.25) is 4.68 Å². The molecule has 0 saturated heterocycles. The topological polar surface area (TPSA) is 55.6 Å². The number of aryl methyl sites for hydroxylation is 1. The molecule has 1 N–H and O–H groups in total. The van der Waals surface area contributed by atoms with E-state index in [0.29, 0.717) is 0 Å². The predicted octanol–water partition coefficient (Wildman–Crippen LogP) is 3.56. The lowest BCUT2D eigenvalue weighted by Crippen LogP contribution is -2.04. The van der Waals surface area contributed by atoms with Gasteiger partial charge >= 0.3 is 0 Å². The van der Waals surface area contributed by atoms with Crippen LogP contribution < -0.4 is 5.32 Å². The predicted molar refractivity (Wildman–Crippen MR) is 85.4 cm³/mol. The molecule has 0 aliphatic heterocycles. The first kappa shape index (κ1) is 16.7. The number of fused-ring (bicyclic) bond motifs is 1. The Hall–Kier alpha value is -1.36. The van der Waals surface area contributed by atoms with Gasteiger partial charge in [-0.05, 0) is 6.42 Å². The van der Waals surface area contributed by atoms with E-state index in [1.165, 1.54) is 38.5 Å². The third kappa shape index (κ3) is 4.34. The maximum absolute atomic E-state index is 4.29. The van der Waals surface area contributed by atoms with Gasteiger partial charge in [-0.25, -0.2) is 9.97 Å². The maximum Gasteiger partial charge on any atom is 0.163 e. The smallest absolute Gasteiger partial charge is 0.163 e. The first-order valence-electron chi connectivity index (χ1n) is 7.19. The van der Waals surface area contributed by atoms with E-state index >= 15 is 0 Å². The Morgan fingerprint density at radius 1 is 1.10 bits per heavy atom. The minimum atomic E-state index is 0. The van der Waals surface area contributed by atoms with Crippen molar-refractivity contribution in [3.05, 3.63) is 12.5 Å². The SMILES string of the molecule is CCCCCCCCNc1ncnc2c1cnn2C.Cl. The molecule has 0 aliphatic rings. The molecule has 0 unspecified atom stereocenters. The van der Waals surface area contributed by atoms with Crippen molar-refractivity contribution in [1.82, 2.24) is 19.7 Å². The van der Waals surface area contributed by atoms with E-state index in [9.17, 15) is 0 Å². The van der Waals surface area contributed by atoms with Crippen molar-refractivity contribution in [3.8, 4) is 0 Å². The summed E-state index contributed by atoms with van der Waals surface area (Å²) in [7, 11) is 1.90. The molecule has 2 aromatic rings. The summed E-state index contributed by atoms with van der Waals surface area (Å²) < 4.78 is 1.77. The number of halogens is 1. The molecule has 0 amide bonds. The highest BCUT2D eigenvalue weighted by molar-refractivity contribution is 5.86. The van der Waals surface area contributed by atoms with Gasteiger partial charge in [0.15, 0.2) is 5.65 Å². The second-order valence-electron chi connectivity index (χ2n) is 4.92. The molecule has 0 saturated carbocycles. The molecule has 0 spiro atoms. The Bertz CT molecular complexity index is 511. The molecule has 0 radical (unpaired) electrons. The number of aromatic nitrogens is 4. The van der Waals surface area contributed by atoms with Crippen LogP contribution in [-0.4, -0.2) is 26.3 Å². The molecule has 6 heteroatoms. The van der Waals surface area contributed by atoms with E-state index in [2.05, 4.69) is 27.3 Å². The molecule has 112 valence electrons. The zero-order valence-electron chi connectivity index (χ0n) is 12.3.